The summed E-state index contributed by atoms with van der Waals surface area (Å²) >= 11 is 0. The van der Waals surface area contributed by atoms with Gasteiger partial charge in [0.05, 0.1) is 0 Å². The zero-order valence-electron chi connectivity index (χ0n) is 16.8. The molecule has 31 heavy (non-hydrogen) atoms. The van der Waals surface area contributed by atoms with Gasteiger partial charge in [0, 0.05) is 24.0 Å². The molecule has 0 fully saturated rings. The van der Waals surface area contributed by atoms with Crippen molar-refractivity contribution < 1.29 is 14.3 Å². The second kappa shape index (κ2) is 10.0. The van der Waals surface area contributed by atoms with Crippen LogP contribution in [0.15, 0.2) is 116 Å². The molecule has 0 bridgehead atoms. The van der Waals surface area contributed by atoms with Crippen molar-refractivity contribution in [2.45, 2.75) is 6.29 Å². The first-order valence-electron chi connectivity index (χ1n) is 9.94. The van der Waals surface area contributed by atoms with Crippen LogP contribution in [0.2, 0.25) is 0 Å². The number of carbonyl (C=O) groups excluding carboxylic acids is 1. The van der Waals surface area contributed by atoms with E-state index in [1.807, 2.05) is 97.1 Å². The molecule has 0 radical (unpaired) electrons. The Kier molecular flexibility index (Phi) is 6.51. The fourth-order valence-corrected chi connectivity index (χ4v) is 3.13. The summed E-state index contributed by atoms with van der Waals surface area (Å²) in [5.74, 6) is 0.130. The van der Waals surface area contributed by atoms with Crippen LogP contribution < -0.4 is 4.74 Å². The van der Waals surface area contributed by atoms with Crippen molar-refractivity contribution in [2.24, 2.45) is 0 Å². The number of para-hydroxylation sites is 1. The first-order chi connectivity index (χ1) is 15.3. The highest BCUT2D eigenvalue weighted by Gasteiger charge is 2.17. The predicted molar refractivity (Wildman–Crippen MR) is 121 cm³/mol. The molecule has 4 rings (SSSR count). The van der Waals surface area contributed by atoms with Crippen molar-refractivity contribution in [3.63, 3.8) is 0 Å². The molecule has 0 saturated heterocycles. The number of esters is 1. The van der Waals surface area contributed by atoms with E-state index in [1.165, 1.54) is 6.08 Å². The smallest absolute Gasteiger partial charge is 0.334 e. The number of nitrogens with zero attached hydrogens (tertiary/aromatic N) is 1. The summed E-state index contributed by atoms with van der Waals surface area (Å²) in [4.78, 5) is 16.7. The van der Waals surface area contributed by atoms with E-state index in [4.69, 9.17) is 9.47 Å². The Morgan fingerprint density at radius 3 is 2.16 bits per heavy atom. The zero-order chi connectivity index (χ0) is 21.3. The fraction of sp³-hybridized carbons (Fsp3) is 0.0370. The van der Waals surface area contributed by atoms with Gasteiger partial charge in [-0.1, -0.05) is 72.8 Å². The predicted octanol–water partition coefficient (Wildman–Crippen LogP) is 6.08. The van der Waals surface area contributed by atoms with Crippen LogP contribution in [0.4, 0.5) is 0 Å². The summed E-state index contributed by atoms with van der Waals surface area (Å²) in [7, 11) is 0. The zero-order valence-corrected chi connectivity index (χ0v) is 16.8. The van der Waals surface area contributed by atoms with E-state index >= 15 is 0 Å². The highest BCUT2D eigenvalue weighted by Crippen LogP contribution is 2.25. The summed E-state index contributed by atoms with van der Waals surface area (Å²) < 4.78 is 11.6. The van der Waals surface area contributed by atoms with Gasteiger partial charge in [-0.2, -0.15) is 0 Å². The molecule has 1 atom stereocenters. The molecule has 0 aliphatic carbocycles. The first-order valence-corrected chi connectivity index (χ1v) is 9.94. The minimum Gasteiger partial charge on any atom is -0.450 e. The maximum Gasteiger partial charge on any atom is 0.334 e. The lowest BCUT2D eigenvalue weighted by atomic mass is 10.0. The lowest BCUT2D eigenvalue weighted by Gasteiger charge is -2.19. The average molecular weight is 407 g/mol. The Hall–Kier alpha value is -4.18. The molecule has 3 aromatic carbocycles. The Bertz CT molecular complexity index is 1140. The molecule has 0 saturated carbocycles. The van der Waals surface area contributed by atoms with Crippen LogP contribution in [0, 0.1) is 0 Å². The van der Waals surface area contributed by atoms with Gasteiger partial charge in [0.1, 0.15) is 5.75 Å². The fourth-order valence-electron chi connectivity index (χ4n) is 3.13. The summed E-state index contributed by atoms with van der Waals surface area (Å²) in [6.45, 7) is 0. The third kappa shape index (κ3) is 5.46. The average Bonchev–Trinajstić information content (AvgIpc) is 2.84. The van der Waals surface area contributed by atoms with Crippen LogP contribution in [-0.4, -0.2) is 11.0 Å². The highest BCUT2D eigenvalue weighted by molar-refractivity contribution is 5.89. The topological polar surface area (TPSA) is 48.4 Å². The van der Waals surface area contributed by atoms with Crippen LogP contribution in [0.25, 0.3) is 17.2 Å². The Morgan fingerprint density at radius 2 is 1.42 bits per heavy atom. The molecule has 0 aliphatic rings. The molecule has 0 N–H and O–H groups in total. The summed E-state index contributed by atoms with van der Waals surface area (Å²) in [6, 6.07) is 30.4. The van der Waals surface area contributed by atoms with Crippen LogP contribution in [0.5, 0.6) is 5.75 Å². The molecule has 0 aliphatic heterocycles. The molecule has 4 heteroatoms. The van der Waals surface area contributed by atoms with Gasteiger partial charge < -0.3 is 9.47 Å². The van der Waals surface area contributed by atoms with Gasteiger partial charge in [0.2, 0.25) is 0 Å². The van der Waals surface area contributed by atoms with Gasteiger partial charge in [-0.25, -0.2) is 4.79 Å². The Balaban J connectivity index is 1.53. The molecule has 152 valence electrons. The van der Waals surface area contributed by atoms with E-state index in [-0.39, 0.29) is 0 Å². The lowest BCUT2D eigenvalue weighted by molar-refractivity contribution is -0.158. The number of benzene rings is 3. The first kappa shape index (κ1) is 20.1. The van der Waals surface area contributed by atoms with Crippen molar-refractivity contribution in [3.8, 4) is 16.9 Å². The van der Waals surface area contributed by atoms with E-state index in [1.54, 1.807) is 18.5 Å². The van der Waals surface area contributed by atoms with Gasteiger partial charge in [-0.15, -0.1) is 0 Å². The van der Waals surface area contributed by atoms with Crippen LogP contribution >= 0.6 is 0 Å². The van der Waals surface area contributed by atoms with Crippen molar-refractivity contribution in [3.05, 3.63) is 127 Å². The highest BCUT2D eigenvalue weighted by atomic mass is 16.7. The SMILES string of the molecule is O=C(/C=C/c1ccccc1-c1ccncc1)OC(Oc1ccccc1)c1ccccc1. The number of carbonyl (C=O) groups is 1. The molecule has 1 heterocycles. The van der Waals surface area contributed by atoms with Crippen LogP contribution in [-0.2, 0) is 9.53 Å². The van der Waals surface area contributed by atoms with Gasteiger partial charge in [-0.3, -0.25) is 4.98 Å². The molecular formula is C27H21NO3. The number of hydrogen-bond donors (Lipinski definition) is 0. The number of aromatic nitrogens is 1. The molecule has 4 aromatic rings. The van der Waals surface area contributed by atoms with Crippen molar-refractivity contribution in [2.75, 3.05) is 0 Å². The van der Waals surface area contributed by atoms with E-state index in [9.17, 15) is 4.79 Å². The van der Waals surface area contributed by atoms with Gasteiger partial charge >= 0.3 is 5.97 Å². The minimum absolute atomic E-state index is 0.491. The summed E-state index contributed by atoms with van der Waals surface area (Å²) in [5.41, 5.74) is 3.70. The Morgan fingerprint density at radius 1 is 0.774 bits per heavy atom. The summed E-state index contributed by atoms with van der Waals surface area (Å²) in [6.07, 6.45) is 5.81. The van der Waals surface area contributed by atoms with Crippen LogP contribution in [0.3, 0.4) is 0 Å². The summed E-state index contributed by atoms with van der Waals surface area (Å²) in [5, 5.41) is 0. The second-order valence-electron chi connectivity index (χ2n) is 6.77. The van der Waals surface area contributed by atoms with Gasteiger partial charge in [0.25, 0.3) is 6.29 Å². The molecule has 0 amide bonds. The second-order valence-corrected chi connectivity index (χ2v) is 6.77. The van der Waals surface area contributed by atoms with Gasteiger partial charge in [-0.05, 0) is 47.0 Å². The number of pyridine rings is 1. The van der Waals surface area contributed by atoms with E-state index < -0.39 is 12.3 Å². The van der Waals surface area contributed by atoms with Gasteiger partial charge in [0.15, 0.2) is 0 Å². The Labute approximate surface area is 181 Å². The van der Waals surface area contributed by atoms with Crippen molar-refractivity contribution >= 4 is 12.0 Å². The normalized spacial score (nSPS) is 11.7. The molecule has 4 nitrogen and oxygen atoms in total. The van der Waals surface area contributed by atoms with Crippen molar-refractivity contribution in [1.29, 1.82) is 0 Å². The van der Waals surface area contributed by atoms with Crippen LogP contribution in [0.1, 0.15) is 17.4 Å². The van der Waals surface area contributed by atoms with Crippen molar-refractivity contribution in [1.82, 2.24) is 4.98 Å². The number of ether oxygens (including phenoxy) is 2. The molecule has 0 spiro atoms. The van der Waals surface area contributed by atoms with E-state index in [2.05, 4.69) is 4.98 Å². The molecular weight excluding hydrogens is 386 g/mol. The van der Waals surface area contributed by atoms with E-state index in [0.717, 1.165) is 22.3 Å². The molecule has 1 aromatic heterocycles. The quantitative estimate of drug-likeness (QED) is 0.212. The number of rotatable bonds is 7. The third-order valence-corrected chi connectivity index (χ3v) is 4.63. The third-order valence-electron chi connectivity index (χ3n) is 4.63. The largest absolute Gasteiger partial charge is 0.450 e. The minimum atomic E-state index is -0.851. The maximum absolute atomic E-state index is 12.6. The van der Waals surface area contributed by atoms with E-state index in [0.29, 0.717) is 5.75 Å². The standard InChI is InChI=1S/C27H21NO3/c29-26(16-15-21-9-7-8-14-25(21)22-17-19-28-20-18-22)31-27(23-10-3-1-4-11-23)30-24-12-5-2-6-13-24/h1-20,27H/b16-15+. The molecule has 1 unspecified atom stereocenters. The maximum atomic E-state index is 12.6. The lowest BCUT2D eigenvalue weighted by Crippen LogP contribution is -2.15. The monoisotopic (exact) mass is 407 g/mol. The number of hydrogen-bond acceptors (Lipinski definition) is 4.